The molecule has 0 spiro atoms. The van der Waals surface area contributed by atoms with Gasteiger partial charge in [0.1, 0.15) is 0 Å². The van der Waals surface area contributed by atoms with Crippen LogP contribution < -0.4 is 0 Å². The Kier molecular flexibility index (Phi) is 10.3. The van der Waals surface area contributed by atoms with Crippen LogP contribution in [0.1, 0.15) is 6.92 Å². The van der Waals surface area contributed by atoms with E-state index in [-0.39, 0.29) is 32.7 Å². The fourth-order valence-corrected chi connectivity index (χ4v) is 0.144. The fraction of sp³-hybridized carbons (Fsp3) is 0.500. The third kappa shape index (κ3) is 6.37. The zero-order valence-electron chi connectivity index (χ0n) is 4.88. The molecular weight excluding hydrogens is 185 g/mol. The molecule has 0 aliphatic rings. The van der Waals surface area contributed by atoms with Crippen molar-refractivity contribution in [3.8, 4) is 0 Å². The van der Waals surface area contributed by atoms with Crippen molar-refractivity contribution >= 4 is 6.16 Å². The molecule has 45 valence electrons. The van der Waals surface area contributed by atoms with Crippen LogP contribution in [0.15, 0.2) is 0 Å². The maximum absolute atomic E-state index is 9.94. The van der Waals surface area contributed by atoms with Crippen LogP contribution >= 0.6 is 0 Å². The first-order valence-corrected chi connectivity index (χ1v) is 1.83. The number of hydrogen-bond donors (Lipinski definition) is 0. The van der Waals surface area contributed by atoms with Gasteiger partial charge in [0, 0.05) is 32.7 Å². The number of hydrogen-bond acceptors (Lipinski definition) is 3. The number of methoxy groups -OCH3 is 1. The SMILES string of the molecule is C[CH-]OC(=O)OC.[Y]. The molecule has 0 aromatic heterocycles. The van der Waals surface area contributed by atoms with E-state index in [1.165, 1.54) is 13.7 Å². The van der Waals surface area contributed by atoms with Crippen LogP contribution in [0.3, 0.4) is 0 Å². The molecule has 0 atom stereocenters. The van der Waals surface area contributed by atoms with E-state index >= 15 is 0 Å². The van der Waals surface area contributed by atoms with Crippen LogP contribution in [0, 0.1) is 6.61 Å². The molecule has 0 N–H and O–H groups in total. The molecule has 4 heteroatoms. The summed E-state index contributed by atoms with van der Waals surface area (Å²) in [4.78, 5) is 9.94. The summed E-state index contributed by atoms with van der Waals surface area (Å²) < 4.78 is 8.30. The molecule has 0 aromatic rings. The first-order valence-electron chi connectivity index (χ1n) is 1.83. The van der Waals surface area contributed by atoms with Gasteiger partial charge in [0.25, 0.3) is 0 Å². The summed E-state index contributed by atoms with van der Waals surface area (Å²) >= 11 is 0. The molecule has 0 saturated carbocycles. The normalized spacial score (nSPS) is 6.75. The molecule has 0 aromatic carbocycles. The Morgan fingerprint density at radius 2 is 2.12 bits per heavy atom. The maximum Gasteiger partial charge on any atom is 0.475 e. The first kappa shape index (κ1) is 11.2. The van der Waals surface area contributed by atoms with Crippen molar-refractivity contribution in [2.75, 3.05) is 7.11 Å². The second-order valence-corrected chi connectivity index (χ2v) is 0.808. The van der Waals surface area contributed by atoms with Gasteiger partial charge >= 0.3 is 6.16 Å². The molecule has 0 saturated heterocycles. The fourth-order valence-electron chi connectivity index (χ4n) is 0.144. The third-order valence-electron chi connectivity index (χ3n) is 0.381. The summed E-state index contributed by atoms with van der Waals surface area (Å²) in [6, 6.07) is 0. The van der Waals surface area contributed by atoms with Crippen LogP contribution in [0.5, 0.6) is 0 Å². The van der Waals surface area contributed by atoms with E-state index in [4.69, 9.17) is 0 Å². The average molecular weight is 192 g/mol. The van der Waals surface area contributed by atoms with Gasteiger partial charge in [0.05, 0.1) is 7.11 Å². The van der Waals surface area contributed by atoms with E-state index < -0.39 is 6.16 Å². The Morgan fingerprint density at radius 3 is 2.25 bits per heavy atom. The minimum absolute atomic E-state index is 0. The van der Waals surface area contributed by atoms with E-state index in [9.17, 15) is 4.79 Å². The molecule has 0 heterocycles. The van der Waals surface area contributed by atoms with Crippen LogP contribution in [0.2, 0.25) is 0 Å². The summed E-state index contributed by atoms with van der Waals surface area (Å²) in [5.74, 6) is 0. The van der Waals surface area contributed by atoms with Gasteiger partial charge in [0.2, 0.25) is 0 Å². The van der Waals surface area contributed by atoms with Gasteiger partial charge < -0.3 is 9.47 Å². The third-order valence-corrected chi connectivity index (χ3v) is 0.381. The van der Waals surface area contributed by atoms with Crippen LogP contribution in [-0.2, 0) is 42.2 Å². The number of ether oxygens (including phenoxy) is 2. The Morgan fingerprint density at radius 1 is 1.62 bits per heavy atom. The Balaban J connectivity index is 0. The topological polar surface area (TPSA) is 35.5 Å². The molecule has 8 heavy (non-hydrogen) atoms. The smallest absolute Gasteiger partial charge is 0.475 e. The summed E-state index contributed by atoms with van der Waals surface area (Å²) in [7, 11) is 1.26. The maximum atomic E-state index is 9.94. The number of carbonyl (C=O) groups is 1. The second kappa shape index (κ2) is 7.37. The average Bonchev–Trinajstić information content (AvgIpc) is 1.68. The van der Waals surface area contributed by atoms with Crippen molar-refractivity contribution < 1.29 is 47.0 Å². The molecule has 0 bridgehead atoms. The van der Waals surface area contributed by atoms with Gasteiger partial charge in [-0.25, -0.2) is 4.79 Å². The molecule has 0 fully saturated rings. The zero-order chi connectivity index (χ0) is 5.70. The minimum atomic E-state index is -0.678. The van der Waals surface area contributed by atoms with Crippen molar-refractivity contribution in [3.63, 3.8) is 0 Å². The summed E-state index contributed by atoms with van der Waals surface area (Å²) in [5, 5.41) is 0. The molecule has 0 amide bonds. The monoisotopic (exact) mass is 192 g/mol. The van der Waals surface area contributed by atoms with Gasteiger partial charge in [-0.2, -0.15) is 13.5 Å². The summed E-state index contributed by atoms with van der Waals surface area (Å²) in [6.07, 6.45) is -0.678. The van der Waals surface area contributed by atoms with E-state index in [1.54, 1.807) is 6.92 Å². The van der Waals surface area contributed by atoms with Crippen molar-refractivity contribution in [3.05, 3.63) is 6.61 Å². The van der Waals surface area contributed by atoms with Crippen LogP contribution in [0.4, 0.5) is 4.79 Å². The van der Waals surface area contributed by atoms with Gasteiger partial charge in [-0.15, -0.1) is 0 Å². The molecular formula is C4H7O3Y-. The Hall–Kier alpha value is 0.374. The standard InChI is InChI=1S/C4H7O3.Y/c1-3-7-4(5)6-2;/h3H,1-2H3;/q-1;. The van der Waals surface area contributed by atoms with Crippen molar-refractivity contribution in [1.29, 1.82) is 0 Å². The molecule has 0 rings (SSSR count). The predicted molar refractivity (Wildman–Crippen MR) is 23.5 cm³/mol. The van der Waals surface area contributed by atoms with Gasteiger partial charge in [-0.1, -0.05) is 0 Å². The van der Waals surface area contributed by atoms with E-state index in [2.05, 4.69) is 9.47 Å². The second-order valence-electron chi connectivity index (χ2n) is 0.808. The van der Waals surface area contributed by atoms with E-state index in [1.807, 2.05) is 0 Å². The Labute approximate surface area is 73.6 Å². The van der Waals surface area contributed by atoms with Crippen molar-refractivity contribution in [2.45, 2.75) is 6.92 Å². The van der Waals surface area contributed by atoms with Crippen molar-refractivity contribution in [1.82, 2.24) is 0 Å². The molecule has 0 unspecified atom stereocenters. The first-order chi connectivity index (χ1) is 3.31. The van der Waals surface area contributed by atoms with Crippen molar-refractivity contribution in [2.24, 2.45) is 0 Å². The van der Waals surface area contributed by atoms with Gasteiger partial charge in [-0.3, -0.25) is 0 Å². The summed E-state index contributed by atoms with van der Waals surface area (Å²) in [5.41, 5.74) is 0. The Bertz CT molecular complexity index is 64.3. The van der Waals surface area contributed by atoms with Gasteiger partial charge in [-0.05, 0) is 0 Å². The largest absolute Gasteiger partial charge is 0.606 e. The molecule has 1 radical (unpaired) electrons. The molecule has 0 aliphatic carbocycles. The van der Waals surface area contributed by atoms with E-state index in [0.29, 0.717) is 0 Å². The minimum Gasteiger partial charge on any atom is -0.606 e. The predicted octanol–water partition coefficient (Wildman–Crippen LogP) is 0.949. The number of rotatable bonds is 1. The number of carbonyl (C=O) groups excluding carboxylic acids is 1. The molecule has 0 aliphatic heterocycles. The zero-order valence-corrected chi connectivity index (χ0v) is 7.72. The molecule has 3 nitrogen and oxygen atoms in total. The van der Waals surface area contributed by atoms with Crippen LogP contribution in [0.25, 0.3) is 0 Å². The van der Waals surface area contributed by atoms with Crippen LogP contribution in [-0.4, -0.2) is 13.3 Å². The van der Waals surface area contributed by atoms with E-state index in [0.717, 1.165) is 0 Å². The van der Waals surface area contributed by atoms with Gasteiger partial charge in [0.15, 0.2) is 0 Å². The summed E-state index contributed by atoms with van der Waals surface area (Å²) in [6.45, 7) is 2.85. The quantitative estimate of drug-likeness (QED) is 0.458.